The zero-order valence-corrected chi connectivity index (χ0v) is 20.4. The third-order valence-electron chi connectivity index (χ3n) is 5.95. The number of aliphatic hydroxyl groups excluding tert-OH is 1. The summed E-state index contributed by atoms with van der Waals surface area (Å²) < 4.78 is 36.4. The van der Waals surface area contributed by atoms with Gasteiger partial charge in [0.05, 0.1) is 24.3 Å². The molecule has 0 aliphatic carbocycles. The van der Waals surface area contributed by atoms with Crippen LogP contribution in [0.2, 0.25) is 5.02 Å². The molecule has 1 aliphatic heterocycles. The molecule has 0 unspecified atom stereocenters. The number of hydrogen-bond donors (Lipinski definition) is 2. The minimum Gasteiger partial charge on any atom is -0.392 e. The monoisotopic (exact) mass is 504 g/mol. The van der Waals surface area contributed by atoms with Crippen molar-refractivity contribution >= 4 is 23.3 Å². The Balaban J connectivity index is 1.73. The maximum Gasteiger partial charge on any atom is 0.271 e. The van der Waals surface area contributed by atoms with E-state index in [0.29, 0.717) is 28.9 Å². The Morgan fingerprint density at radius 3 is 2.74 bits per heavy atom. The van der Waals surface area contributed by atoms with Gasteiger partial charge in [-0.25, -0.2) is 13.8 Å². The molecule has 0 saturated carbocycles. The molecule has 0 bridgehead atoms. The van der Waals surface area contributed by atoms with Gasteiger partial charge in [0, 0.05) is 49.8 Å². The van der Waals surface area contributed by atoms with E-state index in [9.17, 15) is 14.3 Å². The number of hydrogen-bond acceptors (Lipinski definition) is 5. The van der Waals surface area contributed by atoms with Crippen molar-refractivity contribution in [1.82, 2.24) is 14.5 Å². The third-order valence-corrected chi connectivity index (χ3v) is 6.24. The lowest BCUT2D eigenvalue weighted by Gasteiger charge is -2.36. The molecule has 0 fully saturated rings. The van der Waals surface area contributed by atoms with Crippen molar-refractivity contribution in [3.8, 4) is 11.1 Å². The van der Waals surface area contributed by atoms with Gasteiger partial charge in [-0.05, 0) is 43.2 Å². The van der Waals surface area contributed by atoms with Gasteiger partial charge in [-0.15, -0.1) is 0 Å². The number of ether oxygens (including phenoxy) is 1. The molecular formula is C25H27ClF2N4O3. The summed E-state index contributed by atoms with van der Waals surface area (Å²) in [6.45, 7) is 4.19. The second kappa shape index (κ2) is 10.3. The van der Waals surface area contributed by atoms with Gasteiger partial charge < -0.3 is 24.6 Å². The van der Waals surface area contributed by atoms with Crippen LogP contribution in [0.1, 0.15) is 35.5 Å². The van der Waals surface area contributed by atoms with E-state index in [0.717, 1.165) is 0 Å². The SMILES string of the molecule is COC[C@H]1Cn2cc(-c3c(Cl)cnc(NC(C)C)c3F)cc2C(=O)N1Cc1cc(F)ccc1CO. The molecule has 10 heteroatoms. The predicted molar refractivity (Wildman–Crippen MR) is 129 cm³/mol. The van der Waals surface area contributed by atoms with Gasteiger partial charge in [-0.1, -0.05) is 17.7 Å². The first-order valence-electron chi connectivity index (χ1n) is 11.2. The Morgan fingerprint density at radius 2 is 2.06 bits per heavy atom. The van der Waals surface area contributed by atoms with Crippen LogP contribution < -0.4 is 5.32 Å². The molecular weight excluding hydrogens is 478 g/mol. The van der Waals surface area contributed by atoms with Crippen molar-refractivity contribution in [2.24, 2.45) is 0 Å². The molecule has 1 aromatic carbocycles. The molecule has 186 valence electrons. The molecule has 1 amide bonds. The van der Waals surface area contributed by atoms with Crippen LogP contribution in [-0.4, -0.2) is 51.3 Å². The molecule has 4 rings (SSSR count). The fraction of sp³-hybridized carbons (Fsp3) is 0.360. The van der Waals surface area contributed by atoms with E-state index in [4.69, 9.17) is 16.3 Å². The summed E-state index contributed by atoms with van der Waals surface area (Å²) in [5, 5.41) is 12.8. The van der Waals surface area contributed by atoms with Crippen molar-refractivity contribution in [1.29, 1.82) is 0 Å². The molecule has 2 N–H and O–H groups in total. The third kappa shape index (κ3) is 5.03. The van der Waals surface area contributed by atoms with Crippen LogP contribution in [0, 0.1) is 11.6 Å². The Hall–Kier alpha value is -3.01. The highest BCUT2D eigenvalue weighted by molar-refractivity contribution is 6.33. The first-order valence-corrected chi connectivity index (χ1v) is 11.6. The standard InChI is InChI=1S/C25H27ClF2N4O3/c1-14(2)30-24-23(28)22(20(26)8-29-24)17-7-21-25(34)32(19(13-35-3)11-31(21)9-17)10-16-6-18(27)5-4-15(16)12-33/h4-9,14,19,33H,10-13H2,1-3H3,(H,29,30)/t19-/m1/s1. The maximum atomic E-state index is 15.3. The average Bonchev–Trinajstić information content (AvgIpc) is 3.22. The lowest BCUT2D eigenvalue weighted by atomic mass is 10.0. The van der Waals surface area contributed by atoms with Crippen molar-refractivity contribution in [2.45, 2.75) is 45.6 Å². The molecule has 0 spiro atoms. The van der Waals surface area contributed by atoms with Crippen LogP contribution in [0.25, 0.3) is 11.1 Å². The fourth-order valence-electron chi connectivity index (χ4n) is 4.34. The molecule has 3 heterocycles. The largest absolute Gasteiger partial charge is 0.392 e. The van der Waals surface area contributed by atoms with Gasteiger partial charge in [-0.3, -0.25) is 4.79 Å². The number of methoxy groups -OCH3 is 1. The second-order valence-electron chi connectivity index (χ2n) is 8.82. The molecule has 0 saturated heterocycles. The van der Waals surface area contributed by atoms with E-state index < -0.39 is 11.6 Å². The topological polar surface area (TPSA) is 79.6 Å². The normalized spacial score (nSPS) is 15.6. The highest BCUT2D eigenvalue weighted by Crippen LogP contribution is 2.36. The van der Waals surface area contributed by atoms with Crippen molar-refractivity contribution in [3.05, 3.63) is 70.1 Å². The van der Waals surface area contributed by atoms with Crippen LogP contribution in [0.5, 0.6) is 0 Å². The van der Waals surface area contributed by atoms with E-state index in [1.165, 1.54) is 31.5 Å². The van der Waals surface area contributed by atoms with Crippen LogP contribution in [-0.2, 0) is 24.4 Å². The van der Waals surface area contributed by atoms with Gasteiger partial charge in [0.15, 0.2) is 11.6 Å². The number of nitrogens with zero attached hydrogens (tertiary/aromatic N) is 3. The molecule has 1 aliphatic rings. The molecule has 0 radical (unpaired) electrons. The quantitative estimate of drug-likeness (QED) is 0.473. The van der Waals surface area contributed by atoms with Gasteiger partial charge >= 0.3 is 0 Å². The highest BCUT2D eigenvalue weighted by atomic mass is 35.5. The first-order chi connectivity index (χ1) is 16.7. The summed E-state index contributed by atoms with van der Waals surface area (Å²) in [7, 11) is 1.54. The van der Waals surface area contributed by atoms with Crippen molar-refractivity contribution in [2.75, 3.05) is 19.0 Å². The molecule has 1 atom stereocenters. The molecule has 3 aromatic rings. The average molecular weight is 505 g/mol. The van der Waals surface area contributed by atoms with E-state index >= 15 is 4.39 Å². The summed E-state index contributed by atoms with van der Waals surface area (Å²) in [5.41, 5.74) is 1.99. The summed E-state index contributed by atoms with van der Waals surface area (Å²) in [6.07, 6.45) is 3.07. The number of carbonyl (C=O) groups excluding carboxylic acids is 1. The minimum absolute atomic E-state index is 0.0372. The fourth-order valence-corrected chi connectivity index (χ4v) is 4.58. The molecule has 2 aromatic heterocycles. The van der Waals surface area contributed by atoms with E-state index in [1.54, 1.807) is 21.7 Å². The number of benzene rings is 1. The highest BCUT2D eigenvalue weighted by Gasteiger charge is 2.34. The predicted octanol–water partition coefficient (Wildman–Crippen LogP) is 4.47. The summed E-state index contributed by atoms with van der Waals surface area (Å²) in [5.74, 6) is -1.29. The van der Waals surface area contributed by atoms with Crippen LogP contribution in [0.3, 0.4) is 0 Å². The number of pyridine rings is 1. The summed E-state index contributed by atoms with van der Waals surface area (Å²) in [6, 6.07) is 5.29. The first kappa shape index (κ1) is 25.1. The number of rotatable bonds is 8. The van der Waals surface area contributed by atoms with E-state index in [1.807, 2.05) is 13.8 Å². The Bertz CT molecular complexity index is 1250. The van der Waals surface area contributed by atoms with E-state index in [-0.39, 0.29) is 54.2 Å². The Kier molecular flexibility index (Phi) is 7.39. The van der Waals surface area contributed by atoms with Crippen molar-refractivity contribution < 1.29 is 23.4 Å². The summed E-state index contributed by atoms with van der Waals surface area (Å²) >= 11 is 6.32. The number of carbonyl (C=O) groups is 1. The van der Waals surface area contributed by atoms with Crippen LogP contribution in [0.4, 0.5) is 14.6 Å². The van der Waals surface area contributed by atoms with Gasteiger partial charge in [0.2, 0.25) is 0 Å². The number of aromatic nitrogens is 2. The molecule has 35 heavy (non-hydrogen) atoms. The minimum atomic E-state index is -0.598. The Labute approximate surface area is 207 Å². The number of aliphatic hydroxyl groups is 1. The number of fused-ring (bicyclic) bond motifs is 1. The Morgan fingerprint density at radius 1 is 1.29 bits per heavy atom. The zero-order valence-electron chi connectivity index (χ0n) is 19.7. The van der Waals surface area contributed by atoms with Crippen LogP contribution >= 0.6 is 11.6 Å². The zero-order chi connectivity index (χ0) is 25.3. The van der Waals surface area contributed by atoms with Crippen LogP contribution in [0.15, 0.2) is 36.7 Å². The lowest BCUT2D eigenvalue weighted by Crippen LogP contribution is -2.49. The van der Waals surface area contributed by atoms with Gasteiger partial charge in [-0.2, -0.15) is 0 Å². The van der Waals surface area contributed by atoms with Crippen molar-refractivity contribution in [3.63, 3.8) is 0 Å². The number of halogens is 3. The lowest BCUT2D eigenvalue weighted by molar-refractivity contribution is 0.0386. The molecule has 7 nitrogen and oxygen atoms in total. The second-order valence-corrected chi connectivity index (χ2v) is 9.23. The number of anilines is 1. The van der Waals surface area contributed by atoms with E-state index in [2.05, 4.69) is 10.3 Å². The number of amides is 1. The van der Waals surface area contributed by atoms with Gasteiger partial charge in [0.25, 0.3) is 5.91 Å². The van der Waals surface area contributed by atoms with Gasteiger partial charge in [0.1, 0.15) is 11.5 Å². The number of nitrogens with one attached hydrogen (secondary N) is 1. The maximum absolute atomic E-state index is 15.3. The summed E-state index contributed by atoms with van der Waals surface area (Å²) in [4.78, 5) is 19.2. The smallest absolute Gasteiger partial charge is 0.271 e.